The second-order valence-corrected chi connectivity index (χ2v) is 5.54. The second kappa shape index (κ2) is 6.41. The molecule has 1 aliphatic heterocycles. The molecule has 0 saturated carbocycles. The number of carbonyl (C=O) groups excluding carboxylic acids is 1. The Morgan fingerprint density at radius 1 is 1.32 bits per heavy atom. The zero-order chi connectivity index (χ0) is 16.4. The highest BCUT2D eigenvalue weighted by Crippen LogP contribution is 2.22. The van der Waals surface area contributed by atoms with Crippen LogP contribution in [-0.4, -0.2) is 44.8 Å². The number of likely N-dealkylation sites (tertiary alicyclic amines) is 1. The molecule has 0 spiro atoms. The number of alkyl halides is 2. The summed E-state index contributed by atoms with van der Waals surface area (Å²) < 4.78 is 26.2. The summed E-state index contributed by atoms with van der Waals surface area (Å²) in [5, 5.41) is 12.7. The molecule has 1 aliphatic rings. The molecule has 0 radical (unpaired) electrons. The number of piperidine rings is 1. The molecule has 1 fully saturated rings. The highest BCUT2D eigenvalue weighted by molar-refractivity contribution is 5.80. The number of carboxylic acids is 1. The predicted molar refractivity (Wildman–Crippen MR) is 73.6 cm³/mol. The van der Waals surface area contributed by atoms with Crippen molar-refractivity contribution in [3.8, 4) is 0 Å². The lowest BCUT2D eigenvalue weighted by Crippen LogP contribution is -2.41. The fourth-order valence-corrected chi connectivity index (χ4v) is 2.78. The summed E-state index contributed by atoms with van der Waals surface area (Å²) in [6.07, 6.45) is 0.868. The van der Waals surface area contributed by atoms with Crippen LogP contribution in [0.5, 0.6) is 0 Å². The van der Waals surface area contributed by atoms with Gasteiger partial charge in [-0.25, -0.2) is 4.68 Å². The molecule has 1 saturated heterocycles. The minimum Gasteiger partial charge on any atom is -0.481 e. The number of aromatic nitrogens is 2. The van der Waals surface area contributed by atoms with Crippen LogP contribution in [0.4, 0.5) is 8.78 Å². The Hall–Kier alpha value is -1.99. The minimum atomic E-state index is -2.73. The van der Waals surface area contributed by atoms with Crippen molar-refractivity contribution in [3.63, 3.8) is 0 Å². The molecule has 1 N–H and O–H groups in total. The molecule has 1 aromatic heterocycles. The van der Waals surface area contributed by atoms with Crippen molar-refractivity contribution in [1.29, 1.82) is 0 Å². The Labute approximate surface area is 126 Å². The highest BCUT2D eigenvalue weighted by atomic mass is 19.3. The molecule has 122 valence electrons. The summed E-state index contributed by atoms with van der Waals surface area (Å²) >= 11 is 0. The number of amides is 1. The Bertz CT molecular complexity index is 578. The maximum absolute atomic E-state index is 12.8. The number of nitrogens with zero attached hydrogens (tertiary/aromatic N) is 3. The first-order valence-corrected chi connectivity index (χ1v) is 7.14. The maximum atomic E-state index is 12.8. The first-order valence-electron chi connectivity index (χ1n) is 7.14. The van der Waals surface area contributed by atoms with Crippen LogP contribution in [-0.2, 0) is 16.0 Å². The van der Waals surface area contributed by atoms with Gasteiger partial charge in [0.2, 0.25) is 5.91 Å². The molecule has 1 amide bonds. The summed E-state index contributed by atoms with van der Waals surface area (Å²) in [5.74, 6) is -1.42. The van der Waals surface area contributed by atoms with E-state index in [4.69, 9.17) is 5.11 Å². The van der Waals surface area contributed by atoms with E-state index in [-0.39, 0.29) is 12.3 Å². The van der Waals surface area contributed by atoms with E-state index in [0.29, 0.717) is 47.6 Å². The summed E-state index contributed by atoms with van der Waals surface area (Å²) in [5.41, 5.74) is 1.23. The Morgan fingerprint density at radius 2 is 1.91 bits per heavy atom. The molecule has 0 bridgehead atoms. The van der Waals surface area contributed by atoms with Gasteiger partial charge in [-0.1, -0.05) is 0 Å². The van der Waals surface area contributed by atoms with E-state index in [0.717, 1.165) is 0 Å². The van der Waals surface area contributed by atoms with Crippen LogP contribution in [0.25, 0.3) is 0 Å². The van der Waals surface area contributed by atoms with Gasteiger partial charge in [-0.05, 0) is 26.7 Å². The first-order chi connectivity index (χ1) is 10.3. The van der Waals surface area contributed by atoms with E-state index >= 15 is 0 Å². The third-order valence-corrected chi connectivity index (χ3v) is 4.18. The van der Waals surface area contributed by atoms with Crippen molar-refractivity contribution in [3.05, 3.63) is 17.0 Å². The monoisotopic (exact) mass is 315 g/mol. The summed E-state index contributed by atoms with van der Waals surface area (Å²) in [6, 6.07) is 0. The summed E-state index contributed by atoms with van der Waals surface area (Å²) in [4.78, 5) is 24.8. The molecule has 2 rings (SSSR count). The highest BCUT2D eigenvalue weighted by Gasteiger charge is 2.28. The Morgan fingerprint density at radius 3 is 2.36 bits per heavy atom. The zero-order valence-electron chi connectivity index (χ0n) is 12.6. The third kappa shape index (κ3) is 3.26. The van der Waals surface area contributed by atoms with Gasteiger partial charge in [0, 0.05) is 24.3 Å². The van der Waals surface area contributed by atoms with E-state index in [1.165, 1.54) is 6.92 Å². The van der Waals surface area contributed by atoms with Crippen LogP contribution < -0.4 is 0 Å². The lowest BCUT2D eigenvalue weighted by atomic mass is 9.96. The van der Waals surface area contributed by atoms with E-state index in [1.54, 1.807) is 11.8 Å². The van der Waals surface area contributed by atoms with Gasteiger partial charge in [-0.2, -0.15) is 13.9 Å². The number of aryl methyl sites for hydroxylation is 1. The molecule has 22 heavy (non-hydrogen) atoms. The molecule has 8 heteroatoms. The normalized spacial score (nSPS) is 16.3. The van der Waals surface area contributed by atoms with Crippen molar-refractivity contribution in [1.82, 2.24) is 14.7 Å². The molecule has 0 aromatic carbocycles. The topological polar surface area (TPSA) is 75.4 Å². The molecule has 2 heterocycles. The van der Waals surface area contributed by atoms with E-state index in [2.05, 4.69) is 5.10 Å². The van der Waals surface area contributed by atoms with Crippen LogP contribution in [0.2, 0.25) is 0 Å². The second-order valence-electron chi connectivity index (χ2n) is 5.54. The zero-order valence-corrected chi connectivity index (χ0v) is 12.6. The van der Waals surface area contributed by atoms with E-state index in [9.17, 15) is 18.4 Å². The molecular formula is C14H19F2N3O3. The molecule has 1 aromatic rings. The van der Waals surface area contributed by atoms with Crippen molar-refractivity contribution < 1.29 is 23.5 Å². The fourth-order valence-electron chi connectivity index (χ4n) is 2.78. The number of carboxylic acid groups (broad SMARTS) is 1. The predicted octanol–water partition coefficient (Wildman–Crippen LogP) is 1.76. The van der Waals surface area contributed by atoms with Crippen molar-refractivity contribution in [2.75, 3.05) is 13.1 Å². The van der Waals surface area contributed by atoms with Crippen molar-refractivity contribution >= 4 is 11.9 Å². The van der Waals surface area contributed by atoms with Gasteiger partial charge in [0.15, 0.2) is 0 Å². The van der Waals surface area contributed by atoms with Crippen LogP contribution in [0.1, 0.15) is 36.3 Å². The average Bonchev–Trinajstić information content (AvgIpc) is 2.75. The minimum absolute atomic E-state index is 0.0160. The summed E-state index contributed by atoms with van der Waals surface area (Å²) in [7, 11) is 0. The van der Waals surface area contributed by atoms with Gasteiger partial charge in [-0.3, -0.25) is 9.59 Å². The quantitative estimate of drug-likeness (QED) is 0.918. The molecule has 0 unspecified atom stereocenters. The smallest absolute Gasteiger partial charge is 0.333 e. The largest absolute Gasteiger partial charge is 0.481 e. The molecule has 0 atom stereocenters. The number of hydrogen-bond donors (Lipinski definition) is 1. The number of carbonyl (C=O) groups is 2. The van der Waals surface area contributed by atoms with Crippen LogP contribution in [0.15, 0.2) is 0 Å². The fraction of sp³-hybridized carbons (Fsp3) is 0.643. The lowest BCUT2D eigenvalue weighted by Gasteiger charge is -2.30. The van der Waals surface area contributed by atoms with Gasteiger partial charge in [0.25, 0.3) is 0 Å². The number of rotatable bonds is 4. The third-order valence-electron chi connectivity index (χ3n) is 4.18. The Kier molecular flexibility index (Phi) is 4.77. The molecular weight excluding hydrogens is 296 g/mol. The molecule has 6 nitrogen and oxygen atoms in total. The molecule has 0 aliphatic carbocycles. The van der Waals surface area contributed by atoms with Crippen LogP contribution in [0.3, 0.4) is 0 Å². The van der Waals surface area contributed by atoms with Gasteiger partial charge >= 0.3 is 12.5 Å². The van der Waals surface area contributed by atoms with Crippen molar-refractivity contribution in [2.24, 2.45) is 5.92 Å². The lowest BCUT2D eigenvalue weighted by molar-refractivity contribution is -0.145. The summed E-state index contributed by atoms with van der Waals surface area (Å²) in [6.45, 7) is 1.17. The average molecular weight is 315 g/mol. The SMILES string of the molecule is Cc1nn(C(F)F)c(C)c1CC(=O)N1CCC(C(=O)O)CC1. The number of hydrogen-bond acceptors (Lipinski definition) is 3. The Balaban J connectivity index is 2.03. The maximum Gasteiger partial charge on any atom is 0.333 e. The number of aliphatic carboxylic acids is 1. The number of halogens is 2. The van der Waals surface area contributed by atoms with E-state index in [1.807, 2.05) is 0 Å². The van der Waals surface area contributed by atoms with Gasteiger partial charge in [0.05, 0.1) is 18.0 Å². The van der Waals surface area contributed by atoms with Crippen LogP contribution >= 0.6 is 0 Å². The van der Waals surface area contributed by atoms with Gasteiger partial charge in [0.1, 0.15) is 0 Å². The van der Waals surface area contributed by atoms with Crippen LogP contribution in [0, 0.1) is 19.8 Å². The van der Waals surface area contributed by atoms with Gasteiger partial charge < -0.3 is 10.0 Å². The van der Waals surface area contributed by atoms with Gasteiger partial charge in [-0.15, -0.1) is 0 Å². The van der Waals surface area contributed by atoms with Crippen molar-refractivity contribution in [2.45, 2.75) is 39.7 Å². The van der Waals surface area contributed by atoms with E-state index < -0.39 is 18.4 Å². The first kappa shape index (κ1) is 16.4. The standard InChI is InChI=1S/C14H19F2N3O3/c1-8-11(9(2)19(17-8)14(15)16)7-12(20)18-5-3-10(4-6-18)13(21)22/h10,14H,3-7H2,1-2H3,(H,21,22).